The van der Waals surface area contributed by atoms with Crippen molar-refractivity contribution in [2.45, 2.75) is 5.41 Å². The van der Waals surface area contributed by atoms with Crippen molar-refractivity contribution in [3.8, 4) is 50.6 Å². The molecule has 0 saturated carbocycles. The van der Waals surface area contributed by atoms with Crippen molar-refractivity contribution in [2.75, 3.05) is 0 Å². The Morgan fingerprint density at radius 2 is 0.903 bits per heavy atom. The molecule has 0 bridgehead atoms. The van der Waals surface area contributed by atoms with Crippen molar-refractivity contribution in [3.63, 3.8) is 0 Å². The molecule has 2 aliphatic carbocycles. The van der Waals surface area contributed by atoms with Gasteiger partial charge in [-0.25, -0.2) is 9.97 Å². The van der Waals surface area contributed by atoms with Gasteiger partial charge in [-0.3, -0.25) is 4.57 Å². The van der Waals surface area contributed by atoms with Gasteiger partial charge < -0.3 is 0 Å². The molecule has 286 valence electrons. The van der Waals surface area contributed by atoms with Crippen LogP contribution in [0.3, 0.4) is 0 Å². The van der Waals surface area contributed by atoms with Gasteiger partial charge in [-0.1, -0.05) is 182 Å². The lowest BCUT2D eigenvalue weighted by Crippen LogP contribution is -2.25. The molecule has 3 heteroatoms. The smallest absolute Gasteiger partial charge is 0.235 e. The highest BCUT2D eigenvalue weighted by atomic mass is 15.2. The number of hydrogen-bond acceptors (Lipinski definition) is 2. The Labute approximate surface area is 357 Å². The van der Waals surface area contributed by atoms with E-state index in [1.165, 1.54) is 76.8 Å². The Morgan fingerprint density at radius 3 is 1.63 bits per heavy atom. The van der Waals surface area contributed by atoms with Gasteiger partial charge in [0.15, 0.2) is 0 Å². The SMILES string of the molecule is c1ccc(-c2ccc3c(-c4ccccc4)nc(-n4c5ccccc5c5ccc6c7cc8c(cc7ccc6c54)C4(c5ccccc5-c5ccccc54)c4ccccc4-8)nc3c2)cc1. The molecule has 0 fully saturated rings. The predicted molar refractivity (Wildman–Crippen MR) is 256 cm³/mol. The topological polar surface area (TPSA) is 30.7 Å². The first-order valence-electron chi connectivity index (χ1n) is 21.4. The van der Waals surface area contributed by atoms with Gasteiger partial charge in [-0.15, -0.1) is 0 Å². The molecule has 1 spiro atoms. The van der Waals surface area contributed by atoms with Crippen LogP contribution in [0.1, 0.15) is 22.3 Å². The van der Waals surface area contributed by atoms with Crippen LogP contribution in [0.15, 0.2) is 212 Å². The summed E-state index contributed by atoms with van der Waals surface area (Å²) in [6.07, 6.45) is 0. The lowest BCUT2D eigenvalue weighted by Gasteiger charge is -2.30. The van der Waals surface area contributed by atoms with Crippen LogP contribution in [0.25, 0.3) is 105 Å². The molecule has 0 atom stereocenters. The van der Waals surface area contributed by atoms with Crippen LogP contribution < -0.4 is 0 Å². The van der Waals surface area contributed by atoms with E-state index in [1.807, 2.05) is 0 Å². The molecule has 62 heavy (non-hydrogen) atoms. The van der Waals surface area contributed by atoms with Gasteiger partial charge in [0.2, 0.25) is 5.95 Å². The molecule has 3 nitrogen and oxygen atoms in total. The average molecular weight is 786 g/mol. The van der Waals surface area contributed by atoms with Crippen LogP contribution in [0.2, 0.25) is 0 Å². The van der Waals surface area contributed by atoms with Crippen LogP contribution in [0.5, 0.6) is 0 Å². The second-order valence-electron chi connectivity index (χ2n) is 16.8. The Hall–Kier alpha value is -8.14. The predicted octanol–water partition coefficient (Wildman–Crippen LogP) is 14.7. The summed E-state index contributed by atoms with van der Waals surface area (Å²) in [6.45, 7) is 0. The molecule has 0 N–H and O–H groups in total. The Balaban J connectivity index is 1.06. The Bertz CT molecular complexity index is 3820. The number of rotatable bonds is 3. The number of aromatic nitrogens is 3. The maximum atomic E-state index is 5.49. The summed E-state index contributed by atoms with van der Waals surface area (Å²) < 4.78 is 2.31. The number of para-hydroxylation sites is 1. The molecule has 0 radical (unpaired) electrons. The number of nitrogens with zero attached hydrogens (tertiary/aromatic N) is 3. The first kappa shape index (κ1) is 33.7. The molecule has 2 aliphatic rings. The molecular weight excluding hydrogens is 751 g/mol. The van der Waals surface area contributed by atoms with Crippen LogP contribution >= 0.6 is 0 Å². The largest absolute Gasteiger partial charge is 0.277 e. The van der Waals surface area contributed by atoms with Gasteiger partial charge in [0.05, 0.1) is 27.7 Å². The Kier molecular flexibility index (Phi) is 6.76. The zero-order valence-corrected chi connectivity index (χ0v) is 33.5. The lowest BCUT2D eigenvalue weighted by atomic mass is 9.70. The van der Waals surface area contributed by atoms with Gasteiger partial charge in [0.25, 0.3) is 0 Å². The van der Waals surface area contributed by atoms with Crippen LogP contribution in [0, 0.1) is 0 Å². The normalized spacial score (nSPS) is 13.3. The van der Waals surface area contributed by atoms with E-state index in [4.69, 9.17) is 9.97 Å². The van der Waals surface area contributed by atoms with Crippen molar-refractivity contribution >= 4 is 54.3 Å². The average Bonchev–Trinajstić information content (AvgIpc) is 3.95. The zero-order valence-electron chi connectivity index (χ0n) is 33.5. The third kappa shape index (κ3) is 4.39. The highest BCUT2D eigenvalue weighted by Gasteiger charge is 2.51. The summed E-state index contributed by atoms with van der Waals surface area (Å²) in [5.74, 6) is 0.656. The molecule has 12 aromatic rings. The van der Waals surface area contributed by atoms with Gasteiger partial charge in [0, 0.05) is 27.1 Å². The fourth-order valence-electron chi connectivity index (χ4n) is 11.2. The highest BCUT2D eigenvalue weighted by molar-refractivity contribution is 6.23. The minimum Gasteiger partial charge on any atom is -0.277 e. The second kappa shape index (κ2) is 12.4. The third-order valence-electron chi connectivity index (χ3n) is 13.8. The van der Waals surface area contributed by atoms with E-state index in [-0.39, 0.29) is 5.41 Å². The van der Waals surface area contributed by atoms with Crippen molar-refractivity contribution in [2.24, 2.45) is 0 Å². The van der Waals surface area contributed by atoms with E-state index < -0.39 is 0 Å². The molecule has 0 aliphatic heterocycles. The molecule has 2 aromatic heterocycles. The van der Waals surface area contributed by atoms with E-state index in [1.54, 1.807) is 0 Å². The number of benzene rings is 10. The zero-order chi connectivity index (χ0) is 40.5. The molecule has 0 amide bonds. The van der Waals surface area contributed by atoms with Crippen LogP contribution in [-0.4, -0.2) is 14.5 Å². The van der Waals surface area contributed by atoms with E-state index in [9.17, 15) is 0 Å². The fraction of sp³-hybridized carbons (Fsp3) is 0.0169. The standard InChI is InChI=1S/C59H35N3/c1-3-15-36(16-4-1)38-27-30-47-54(34-38)60-58(61-56(47)37-17-5-2-6-18-37)62-55-26-14-10-22-44(55)46-32-31-40-45(57(46)62)29-28-39-33-53-49(35-48(39)40)43-21-9-13-25-52(43)59(53)50-23-11-7-19-41(50)42-20-8-12-24-51(42)59/h1-35H. The molecule has 2 heterocycles. The lowest BCUT2D eigenvalue weighted by molar-refractivity contribution is 0.795. The first-order valence-corrected chi connectivity index (χ1v) is 21.4. The molecule has 0 saturated heterocycles. The molecular formula is C59H35N3. The summed E-state index contributed by atoms with van der Waals surface area (Å²) in [6, 6.07) is 77.8. The van der Waals surface area contributed by atoms with Gasteiger partial charge in [-0.05, 0) is 102 Å². The maximum absolute atomic E-state index is 5.49. The Morgan fingerprint density at radius 1 is 0.339 bits per heavy atom. The molecule has 10 aromatic carbocycles. The van der Waals surface area contributed by atoms with E-state index in [0.29, 0.717) is 5.95 Å². The van der Waals surface area contributed by atoms with Crippen molar-refractivity contribution in [1.82, 2.24) is 14.5 Å². The second-order valence-corrected chi connectivity index (χ2v) is 16.8. The highest BCUT2D eigenvalue weighted by Crippen LogP contribution is 2.63. The first-order chi connectivity index (χ1) is 30.8. The molecule has 14 rings (SSSR count). The third-order valence-corrected chi connectivity index (χ3v) is 13.8. The summed E-state index contributed by atoms with van der Waals surface area (Å²) >= 11 is 0. The van der Waals surface area contributed by atoms with Crippen molar-refractivity contribution < 1.29 is 0 Å². The quantitative estimate of drug-likeness (QED) is 0.167. The van der Waals surface area contributed by atoms with Crippen molar-refractivity contribution in [3.05, 3.63) is 235 Å². The van der Waals surface area contributed by atoms with Crippen LogP contribution in [-0.2, 0) is 5.41 Å². The van der Waals surface area contributed by atoms with E-state index >= 15 is 0 Å². The summed E-state index contributed by atoms with van der Waals surface area (Å²) in [5, 5.41) is 8.23. The van der Waals surface area contributed by atoms with E-state index in [2.05, 4.69) is 217 Å². The number of hydrogen-bond donors (Lipinski definition) is 0. The monoisotopic (exact) mass is 785 g/mol. The number of fused-ring (bicyclic) bond motifs is 18. The maximum Gasteiger partial charge on any atom is 0.235 e. The van der Waals surface area contributed by atoms with E-state index in [0.717, 1.165) is 44.3 Å². The summed E-state index contributed by atoms with van der Waals surface area (Å²) in [4.78, 5) is 10.9. The van der Waals surface area contributed by atoms with Gasteiger partial charge >= 0.3 is 0 Å². The van der Waals surface area contributed by atoms with Crippen molar-refractivity contribution in [1.29, 1.82) is 0 Å². The van der Waals surface area contributed by atoms with Crippen LogP contribution in [0.4, 0.5) is 0 Å². The summed E-state index contributed by atoms with van der Waals surface area (Å²) in [5.41, 5.74) is 17.6. The molecule has 0 unspecified atom stereocenters. The minimum absolute atomic E-state index is 0.386. The van der Waals surface area contributed by atoms with Gasteiger partial charge in [0.1, 0.15) is 0 Å². The fourth-order valence-corrected chi connectivity index (χ4v) is 11.2. The summed E-state index contributed by atoms with van der Waals surface area (Å²) in [7, 11) is 0. The minimum atomic E-state index is -0.386. The van der Waals surface area contributed by atoms with Gasteiger partial charge in [-0.2, -0.15) is 0 Å².